The van der Waals surface area contributed by atoms with E-state index in [0.717, 1.165) is 29.3 Å². The molecular weight excluding hydrogens is 394 g/mol. The molecule has 0 N–H and O–H groups in total. The molecule has 158 valence electrons. The third-order valence-corrected chi connectivity index (χ3v) is 5.98. The van der Waals surface area contributed by atoms with Gasteiger partial charge in [0.1, 0.15) is 11.6 Å². The number of benzene rings is 2. The van der Waals surface area contributed by atoms with Crippen LogP contribution in [-0.2, 0) is 0 Å². The maximum atomic E-state index is 13.0. The molecule has 1 fully saturated rings. The molecule has 4 rings (SSSR count). The molecule has 1 aliphatic heterocycles. The van der Waals surface area contributed by atoms with Crippen LogP contribution in [0.2, 0.25) is 0 Å². The second-order valence-corrected chi connectivity index (χ2v) is 8.47. The zero-order valence-electron chi connectivity index (χ0n) is 17.5. The summed E-state index contributed by atoms with van der Waals surface area (Å²) in [5.41, 5.74) is 1.39. The molecular formula is C24H29N3O2S. The van der Waals surface area contributed by atoms with Gasteiger partial charge >= 0.3 is 0 Å². The van der Waals surface area contributed by atoms with Crippen molar-refractivity contribution in [3.63, 3.8) is 0 Å². The van der Waals surface area contributed by atoms with Crippen LogP contribution in [0, 0.1) is 6.92 Å². The Hall–Kier alpha value is -2.31. The number of likely N-dealkylation sites (tertiary alicyclic amines) is 1. The monoisotopic (exact) mass is 423 g/mol. The van der Waals surface area contributed by atoms with Gasteiger partial charge in [-0.1, -0.05) is 12.8 Å². The molecule has 1 aliphatic rings. The predicted molar refractivity (Wildman–Crippen MR) is 124 cm³/mol. The number of hydrogen-bond acceptors (Lipinski definition) is 5. The minimum Gasteiger partial charge on any atom is -0.494 e. The fourth-order valence-electron chi connectivity index (χ4n) is 4.12. The molecule has 0 radical (unpaired) electrons. The van der Waals surface area contributed by atoms with Gasteiger partial charge in [-0.25, -0.2) is 4.98 Å². The molecule has 0 bridgehead atoms. The summed E-state index contributed by atoms with van der Waals surface area (Å²) in [6, 6.07) is 13.1. The quantitative estimate of drug-likeness (QED) is 0.464. The molecule has 0 spiro atoms. The number of aryl methyl sites for hydroxylation is 1. The maximum Gasteiger partial charge on any atom is 0.265 e. The molecule has 1 aromatic heterocycles. The Labute approximate surface area is 183 Å². The van der Waals surface area contributed by atoms with Gasteiger partial charge in [0.05, 0.1) is 23.2 Å². The maximum absolute atomic E-state index is 13.0. The first-order valence-electron chi connectivity index (χ1n) is 10.8. The van der Waals surface area contributed by atoms with E-state index in [1.165, 1.54) is 38.8 Å². The van der Waals surface area contributed by atoms with Gasteiger partial charge in [0.2, 0.25) is 0 Å². The van der Waals surface area contributed by atoms with E-state index in [1.54, 1.807) is 10.6 Å². The number of rotatable bonds is 6. The Morgan fingerprint density at radius 2 is 1.77 bits per heavy atom. The third kappa shape index (κ3) is 4.87. The zero-order chi connectivity index (χ0) is 20.9. The van der Waals surface area contributed by atoms with Gasteiger partial charge in [-0.15, -0.1) is 12.6 Å². The van der Waals surface area contributed by atoms with E-state index in [9.17, 15) is 4.79 Å². The predicted octanol–water partition coefficient (Wildman–Crippen LogP) is 4.63. The summed E-state index contributed by atoms with van der Waals surface area (Å²) >= 11 is 4.35. The summed E-state index contributed by atoms with van der Waals surface area (Å²) in [5.74, 6) is 1.48. The van der Waals surface area contributed by atoms with Crippen LogP contribution in [0.25, 0.3) is 16.6 Å². The zero-order valence-corrected chi connectivity index (χ0v) is 18.4. The van der Waals surface area contributed by atoms with Gasteiger partial charge in [-0.05, 0) is 81.7 Å². The van der Waals surface area contributed by atoms with Crippen molar-refractivity contribution in [2.75, 3.05) is 26.2 Å². The Morgan fingerprint density at radius 3 is 2.50 bits per heavy atom. The summed E-state index contributed by atoms with van der Waals surface area (Å²) in [7, 11) is 0. The highest BCUT2D eigenvalue weighted by Crippen LogP contribution is 2.19. The number of hydrogen-bond donors (Lipinski definition) is 1. The smallest absolute Gasteiger partial charge is 0.265 e. The van der Waals surface area contributed by atoms with Crippen LogP contribution in [0.5, 0.6) is 5.75 Å². The number of ether oxygens (including phenoxy) is 1. The van der Waals surface area contributed by atoms with E-state index >= 15 is 0 Å². The molecule has 30 heavy (non-hydrogen) atoms. The highest BCUT2D eigenvalue weighted by Gasteiger charge is 2.11. The molecule has 0 amide bonds. The van der Waals surface area contributed by atoms with Crippen molar-refractivity contribution >= 4 is 23.5 Å². The summed E-state index contributed by atoms with van der Waals surface area (Å²) in [5, 5.41) is 0.571. The lowest BCUT2D eigenvalue weighted by molar-refractivity contribution is 0.240. The third-order valence-electron chi connectivity index (χ3n) is 5.70. The SMILES string of the molecule is Cc1nc2ccc(S)cc2c(=O)n1-c1ccc(OCCCN2CCCCCC2)cc1. The van der Waals surface area contributed by atoms with E-state index in [0.29, 0.717) is 23.3 Å². The van der Waals surface area contributed by atoms with Crippen LogP contribution >= 0.6 is 12.6 Å². The van der Waals surface area contributed by atoms with E-state index in [4.69, 9.17) is 4.74 Å². The topological polar surface area (TPSA) is 47.4 Å². The van der Waals surface area contributed by atoms with E-state index in [-0.39, 0.29) is 5.56 Å². The Bertz CT molecular complexity index is 1050. The minimum atomic E-state index is -0.0838. The van der Waals surface area contributed by atoms with Crippen molar-refractivity contribution < 1.29 is 4.74 Å². The summed E-state index contributed by atoms with van der Waals surface area (Å²) in [4.78, 5) is 20.9. The molecule has 6 heteroatoms. The molecule has 0 atom stereocenters. The standard InChI is InChI=1S/C24H29N3O2S/c1-18-25-23-12-11-21(30)17-22(23)24(28)27(18)19-7-9-20(10-8-19)29-16-6-15-26-13-4-2-3-5-14-26/h7-12,17,30H,2-6,13-16H2,1H3. The van der Waals surface area contributed by atoms with Gasteiger partial charge < -0.3 is 9.64 Å². The van der Waals surface area contributed by atoms with Crippen molar-refractivity contribution in [2.24, 2.45) is 0 Å². The molecule has 0 saturated carbocycles. The normalized spacial score (nSPS) is 15.3. The highest BCUT2D eigenvalue weighted by atomic mass is 32.1. The van der Waals surface area contributed by atoms with Crippen molar-refractivity contribution in [1.82, 2.24) is 14.5 Å². The lowest BCUT2D eigenvalue weighted by atomic mass is 10.2. The number of nitrogens with zero attached hydrogens (tertiary/aromatic N) is 3. The molecule has 2 aromatic carbocycles. The lowest BCUT2D eigenvalue weighted by Crippen LogP contribution is -2.26. The second kappa shape index (κ2) is 9.67. The Balaban J connectivity index is 1.41. The van der Waals surface area contributed by atoms with Crippen LogP contribution in [0.4, 0.5) is 0 Å². The molecule has 0 aliphatic carbocycles. The fourth-order valence-corrected chi connectivity index (χ4v) is 4.32. The number of thiol groups is 1. The van der Waals surface area contributed by atoms with Gasteiger partial charge in [-0.3, -0.25) is 9.36 Å². The van der Waals surface area contributed by atoms with Gasteiger partial charge in [0.25, 0.3) is 5.56 Å². The fraction of sp³-hybridized carbons (Fsp3) is 0.417. The van der Waals surface area contributed by atoms with Crippen LogP contribution in [0.3, 0.4) is 0 Å². The lowest BCUT2D eigenvalue weighted by Gasteiger charge is -2.19. The summed E-state index contributed by atoms with van der Waals surface area (Å²) in [6.45, 7) is 6.09. The minimum absolute atomic E-state index is 0.0838. The Kier molecular flexibility index (Phi) is 6.75. The van der Waals surface area contributed by atoms with Gasteiger partial charge in [0, 0.05) is 11.4 Å². The van der Waals surface area contributed by atoms with Crippen LogP contribution in [-0.4, -0.2) is 40.7 Å². The first-order valence-corrected chi connectivity index (χ1v) is 11.2. The van der Waals surface area contributed by atoms with Crippen molar-refractivity contribution in [3.05, 3.63) is 58.6 Å². The van der Waals surface area contributed by atoms with Crippen molar-refractivity contribution in [2.45, 2.75) is 43.9 Å². The molecule has 5 nitrogen and oxygen atoms in total. The van der Waals surface area contributed by atoms with Gasteiger partial charge in [-0.2, -0.15) is 0 Å². The largest absolute Gasteiger partial charge is 0.494 e. The molecule has 0 unspecified atom stereocenters. The van der Waals surface area contributed by atoms with Crippen LogP contribution in [0.1, 0.15) is 37.9 Å². The summed E-state index contributed by atoms with van der Waals surface area (Å²) in [6.07, 6.45) is 6.40. The average molecular weight is 424 g/mol. The van der Waals surface area contributed by atoms with Crippen LogP contribution < -0.4 is 10.3 Å². The average Bonchev–Trinajstić information content (AvgIpc) is 3.02. The Morgan fingerprint density at radius 1 is 1.03 bits per heavy atom. The van der Waals surface area contributed by atoms with Crippen molar-refractivity contribution in [1.29, 1.82) is 0 Å². The molecule has 3 aromatic rings. The molecule has 2 heterocycles. The van der Waals surface area contributed by atoms with Gasteiger partial charge in [0.15, 0.2) is 0 Å². The van der Waals surface area contributed by atoms with Crippen LogP contribution in [0.15, 0.2) is 52.2 Å². The first-order chi connectivity index (χ1) is 14.6. The van der Waals surface area contributed by atoms with E-state index in [2.05, 4.69) is 22.5 Å². The highest BCUT2D eigenvalue weighted by molar-refractivity contribution is 7.80. The van der Waals surface area contributed by atoms with E-state index < -0.39 is 0 Å². The van der Waals surface area contributed by atoms with E-state index in [1.807, 2.05) is 43.3 Å². The van der Waals surface area contributed by atoms with Crippen molar-refractivity contribution in [3.8, 4) is 11.4 Å². The number of aromatic nitrogens is 2. The first kappa shape index (κ1) is 20.9. The second-order valence-electron chi connectivity index (χ2n) is 7.95. The number of fused-ring (bicyclic) bond motifs is 1. The molecule has 1 saturated heterocycles. The summed E-state index contributed by atoms with van der Waals surface area (Å²) < 4.78 is 7.56.